The van der Waals surface area contributed by atoms with E-state index in [0.717, 1.165) is 17.7 Å². The number of hydrogen-bond acceptors (Lipinski definition) is 4. The number of pyridine rings is 1. The lowest BCUT2D eigenvalue weighted by Gasteiger charge is -2.39. The fourth-order valence-electron chi connectivity index (χ4n) is 3.01. The molecule has 2 amide bonds. The van der Waals surface area contributed by atoms with Crippen LogP contribution in [0, 0.1) is 18.7 Å². The molecule has 1 saturated heterocycles. The van der Waals surface area contributed by atoms with Crippen molar-refractivity contribution in [2.45, 2.75) is 46.5 Å². The van der Waals surface area contributed by atoms with Crippen molar-refractivity contribution >= 4 is 29.7 Å². The molecule has 1 aliphatic heterocycles. The number of rotatable bonds is 7. The Morgan fingerprint density at radius 2 is 1.89 bits per heavy atom. The minimum absolute atomic E-state index is 0.0365. The highest BCUT2D eigenvalue weighted by Gasteiger charge is 2.32. The second kappa shape index (κ2) is 14.6. The molecule has 1 aromatic heterocycles. The fourth-order valence-corrected chi connectivity index (χ4v) is 3.17. The highest BCUT2D eigenvalue weighted by Crippen LogP contribution is 2.29. The number of nitrogens with zero attached hydrogens (tertiary/aromatic N) is 2. The highest BCUT2D eigenvalue weighted by molar-refractivity contribution is 6.27. The second-order valence-corrected chi connectivity index (χ2v) is 7.76. The van der Waals surface area contributed by atoms with Crippen LogP contribution in [0.2, 0.25) is 0 Å². The van der Waals surface area contributed by atoms with Gasteiger partial charge in [-0.3, -0.25) is 9.59 Å². The van der Waals surface area contributed by atoms with Crippen LogP contribution >= 0.6 is 11.6 Å². The number of ether oxygens (including phenoxy) is 1. The van der Waals surface area contributed by atoms with Gasteiger partial charge in [0.25, 0.3) is 0 Å². The van der Waals surface area contributed by atoms with Crippen molar-refractivity contribution in [1.82, 2.24) is 9.88 Å². The summed E-state index contributed by atoms with van der Waals surface area (Å²) in [5, 5.41) is 2.14. The Morgan fingerprint density at radius 3 is 2.31 bits per heavy atom. The van der Waals surface area contributed by atoms with Crippen molar-refractivity contribution in [3.8, 4) is 0 Å². The third-order valence-electron chi connectivity index (χ3n) is 5.08. The summed E-state index contributed by atoms with van der Waals surface area (Å²) >= 11 is 5.64. The number of anilines is 1. The fraction of sp³-hybridized carbons (Fsp3) is 0.458. The maximum Gasteiger partial charge on any atom is 0.416 e. The number of nitrogens with one attached hydrogen (secondary N) is 1. The van der Waals surface area contributed by atoms with Gasteiger partial charge in [0.15, 0.2) is 11.6 Å². The zero-order chi connectivity index (χ0) is 26.6. The third-order valence-corrected chi connectivity index (χ3v) is 5.31. The monoisotopic (exact) mass is 519 g/mol. The number of carbonyl (C=O) groups excluding carboxylic acids is 2. The molecule has 0 spiro atoms. The average Bonchev–Trinajstić information content (AvgIpc) is 2.79. The molecule has 1 fully saturated rings. The molecule has 194 valence electrons. The first kappa shape index (κ1) is 30.3. The Kier molecular flexibility index (Phi) is 12.7. The lowest BCUT2D eigenvalue weighted by molar-refractivity contribution is -0.139. The maximum absolute atomic E-state index is 12.8. The van der Waals surface area contributed by atoms with Gasteiger partial charge in [-0.05, 0) is 43.2 Å². The van der Waals surface area contributed by atoms with Crippen molar-refractivity contribution in [2.75, 3.05) is 24.4 Å². The molecule has 0 saturated carbocycles. The molecule has 1 unspecified atom stereocenters. The molecule has 1 N–H and O–H groups in total. The van der Waals surface area contributed by atoms with E-state index in [1.165, 1.54) is 24.4 Å². The first-order valence-corrected chi connectivity index (χ1v) is 11.5. The van der Waals surface area contributed by atoms with Crippen LogP contribution in [0.15, 0.2) is 36.5 Å². The number of alkyl halides is 4. The zero-order valence-electron chi connectivity index (χ0n) is 20.0. The van der Waals surface area contributed by atoms with E-state index in [0.29, 0.717) is 25.2 Å². The van der Waals surface area contributed by atoms with Crippen LogP contribution in [0.1, 0.15) is 37.5 Å². The molecular formula is C24H30ClF4N3O3. The van der Waals surface area contributed by atoms with Crippen molar-refractivity contribution in [1.29, 1.82) is 0 Å². The Balaban J connectivity index is 0.000000395. The zero-order valence-corrected chi connectivity index (χ0v) is 20.8. The van der Waals surface area contributed by atoms with Gasteiger partial charge in [-0.2, -0.15) is 13.2 Å². The van der Waals surface area contributed by atoms with Crippen molar-refractivity contribution in [3.05, 3.63) is 59.0 Å². The molecule has 3 rings (SSSR count). The number of carbonyl (C=O) groups is 2. The molecular weight excluding hydrogens is 490 g/mol. The lowest BCUT2D eigenvalue weighted by atomic mass is 9.97. The first-order chi connectivity index (χ1) is 16.6. The van der Waals surface area contributed by atoms with E-state index in [2.05, 4.69) is 10.3 Å². The highest BCUT2D eigenvalue weighted by atomic mass is 35.5. The number of halogens is 5. The second-order valence-electron chi connectivity index (χ2n) is 7.49. The molecule has 1 atom stereocenters. The molecule has 35 heavy (non-hydrogen) atoms. The minimum Gasteiger partial charge on any atom is -0.381 e. The number of hydrogen-bond donors (Lipinski definition) is 1. The van der Waals surface area contributed by atoms with Crippen LogP contribution < -0.4 is 5.32 Å². The topological polar surface area (TPSA) is 71.5 Å². The Morgan fingerprint density at radius 1 is 1.29 bits per heavy atom. The summed E-state index contributed by atoms with van der Waals surface area (Å²) in [4.78, 5) is 27.1. The molecule has 0 bridgehead atoms. The molecule has 0 radical (unpaired) electrons. The van der Waals surface area contributed by atoms with Crippen LogP contribution in [-0.2, 0) is 27.0 Å². The summed E-state index contributed by atoms with van der Waals surface area (Å²) in [5.41, 5.74) is 0.657. The van der Waals surface area contributed by atoms with E-state index in [1.807, 2.05) is 20.8 Å². The third kappa shape index (κ3) is 9.45. The van der Waals surface area contributed by atoms with Gasteiger partial charge >= 0.3 is 6.18 Å². The predicted molar refractivity (Wildman–Crippen MR) is 126 cm³/mol. The largest absolute Gasteiger partial charge is 0.416 e. The van der Waals surface area contributed by atoms with E-state index in [9.17, 15) is 27.2 Å². The first-order valence-electron chi connectivity index (χ1n) is 11.0. The van der Waals surface area contributed by atoms with E-state index in [1.54, 1.807) is 11.8 Å². The van der Waals surface area contributed by atoms with E-state index < -0.39 is 17.6 Å². The molecule has 6 nitrogen and oxygen atoms in total. The van der Waals surface area contributed by atoms with Crippen LogP contribution in [0.4, 0.5) is 23.4 Å². The van der Waals surface area contributed by atoms with Gasteiger partial charge in [-0.25, -0.2) is 9.37 Å². The summed E-state index contributed by atoms with van der Waals surface area (Å²) in [6.07, 6.45) is -2.49. The normalized spacial score (nSPS) is 13.7. The van der Waals surface area contributed by atoms with Crippen LogP contribution in [0.5, 0.6) is 0 Å². The number of amides is 2. The van der Waals surface area contributed by atoms with Crippen LogP contribution in [0.25, 0.3) is 0 Å². The number of benzene rings is 1. The quantitative estimate of drug-likeness (QED) is 0.301. The molecule has 2 heterocycles. The minimum atomic E-state index is -4.36. The van der Waals surface area contributed by atoms with Gasteiger partial charge < -0.3 is 15.0 Å². The van der Waals surface area contributed by atoms with Gasteiger partial charge in [0, 0.05) is 24.7 Å². The van der Waals surface area contributed by atoms with Gasteiger partial charge in [0.2, 0.25) is 12.3 Å². The standard InChI is InChI=1S/C15H17ClF3NO2.C7H7FN2O.C2H6/c1-10(12-8-22-9-12)20(14(21)6-16)7-11-2-4-13(5-3-11)15(17,18)19;1-5-2-6(8)7(9-3-5)10-4-11;1-2/h2-5,10,12H,6-9H2,1H3;2-4H,1H3,(H,9,10,11);1-2H3. The van der Waals surface area contributed by atoms with Gasteiger partial charge in [0.05, 0.1) is 18.8 Å². The van der Waals surface area contributed by atoms with E-state index in [4.69, 9.17) is 16.3 Å². The van der Waals surface area contributed by atoms with Gasteiger partial charge in [0.1, 0.15) is 5.88 Å². The predicted octanol–water partition coefficient (Wildman–Crippen LogP) is 5.43. The summed E-state index contributed by atoms with van der Waals surface area (Å²) in [6, 6.07) is 6.06. The van der Waals surface area contributed by atoms with E-state index >= 15 is 0 Å². The Hall–Kier alpha value is -2.72. The van der Waals surface area contributed by atoms with Crippen molar-refractivity contribution < 1.29 is 31.9 Å². The summed E-state index contributed by atoms with van der Waals surface area (Å²) < 4.78 is 55.6. The lowest BCUT2D eigenvalue weighted by Crippen LogP contribution is -2.49. The van der Waals surface area contributed by atoms with Crippen molar-refractivity contribution in [3.63, 3.8) is 0 Å². The smallest absolute Gasteiger partial charge is 0.381 e. The number of aryl methyl sites for hydroxylation is 1. The Bertz CT molecular complexity index is 939. The number of aromatic nitrogens is 1. The summed E-state index contributed by atoms with van der Waals surface area (Å²) in [7, 11) is 0. The molecule has 1 aliphatic rings. The Labute approximate surface area is 207 Å². The molecule has 0 aliphatic carbocycles. The molecule has 2 aromatic rings. The van der Waals surface area contributed by atoms with Crippen LogP contribution in [-0.4, -0.2) is 47.3 Å². The summed E-state index contributed by atoms with van der Waals surface area (Å²) in [5.74, 6) is -0.705. The summed E-state index contributed by atoms with van der Waals surface area (Å²) in [6.45, 7) is 9.03. The van der Waals surface area contributed by atoms with Crippen LogP contribution in [0.3, 0.4) is 0 Å². The maximum atomic E-state index is 12.8. The van der Waals surface area contributed by atoms with Gasteiger partial charge in [-0.1, -0.05) is 26.0 Å². The van der Waals surface area contributed by atoms with Gasteiger partial charge in [-0.15, -0.1) is 11.6 Å². The molecule has 11 heteroatoms. The SMILES string of the molecule is CC.CC(C1COC1)N(Cc1ccc(C(F)(F)F)cc1)C(=O)CCl.Cc1cnc(NC=O)c(F)c1. The van der Waals surface area contributed by atoms with E-state index in [-0.39, 0.29) is 36.1 Å². The average molecular weight is 520 g/mol. The molecule has 1 aromatic carbocycles. The van der Waals surface area contributed by atoms with Crippen molar-refractivity contribution in [2.24, 2.45) is 5.92 Å².